The normalized spacial score (nSPS) is 11.6. The van der Waals surface area contributed by atoms with Gasteiger partial charge in [0, 0.05) is 46.4 Å². The van der Waals surface area contributed by atoms with Gasteiger partial charge in [0.25, 0.3) is 5.91 Å². The van der Waals surface area contributed by atoms with E-state index in [1.807, 2.05) is 61.7 Å². The fourth-order valence-electron chi connectivity index (χ4n) is 3.68. The fraction of sp³-hybridized carbons (Fsp3) is 0.192. The molecule has 0 radical (unpaired) electrons. The van der Waals surface area contributed by atoms with Gasteiger partial charge in [0.1, 0.15) is 0 Å². The first-order valence-electron chi connectivity index (χ1n) is 10.5. The van der Waals surface area contributed by atoms with Crippen molar-refractivity contribution in [3.8, 4) is 0 Å². The van der Waals surface area contributed by atoms with Crippen molar-refractivity contribution in [2.45, 2.75) is 30.3 Å². The third-order valence-electron chi connectivity index (χ3n) is 5.46. The zero-order valence-electron chi connectivity index (χ0n) is 18.0. The molecule has 1 heterocycles. The summed E-state index contributed by atoms with van der Waals surface area (Å²) < 4.78 is 40.4. The highest BCUT2D eigenvalue weighted by Crippen LogP contribution is 2.33. The average molecular weight is 469 g/mol. The molecule has 1 amide bonds. The summed E-state index contributed by atoms with van der Waals surface area (Å²) in [4.78, 5) is 13.5. The van der Waals surface area contributed by atoms with E-state index in [1.165, 1.54) is 12.1 Å². The minimum absolute atomic E-state index is 0.0959. The van der Waals surface area contributed by atoms with E-state index < -0.39 is 11.7 Å². The molecular formula is C26H23F3N2OS. The topological polar surface area (TPSA) is 34.0 Å². The highest BCUT2D eigenvalue weighted by atomic mass is 32.2. The molecule has 0 aliphatic heterocycles. The van der Waals surface area contributed by atoms with E-state index in [2.05, 4.69) is 9.88 Å². The number of carbonyl (C=O) groups is 1. The van der Waals surface area contributed by atoms with Crippen LogP contribution in [0.5, 0.6) is 0 Å². The van der Waals surface area contributed by atoms with Crippen molar-refractivity contribution < 1.29 is 18.0 Å². The molecule has 4 aromatic rings. The molecule has 3 nitrogen and oxygen atoms in total. The third kappa shape index (κ3) is 5.42. The first-order valence-corrected chi connectivity index (χ1v) is 11.5. The lowest BCUT2D eigenvalue weighted by Gasteiger charge is -2.09. The van der Waals surface area contributed by atoms with Crippen molar-refractivity contribution in [3.05, 3.63) is 101 Å². The second-order valence-electron chi connectivity index (χ2n) is 7.76. The number of benzene rings is 3. The lowest BCUT2D eigenvalue weighted by atomic mass is 10.1. The molecule has 0 aliphatic carbocycles. The summed E-state index contributed by atoms with van der Waals surface area (Å²) in [5.41, 5.74) is 2.85. The van der Waals surface area contributed by atoms with Gasteiger partial charge in [0.05, 0.1) is 5.56 Å². The van der Waals surface area contributed by atoms with Crippen LogP contribution in [0.4, 0.5) is 13.2 Å². The van der Waals surface area contributed by atoms with Gasteiger partial charge in [0.15, 0.2) is 0 Å². The van der Waals surface area contributed by atoms with Crippen LogP contribution in [0.15, 0.2) is 83.9 Å². The van der Waals surface area contributed by atoms with Gasteiger partial charge >= 0.3 is 6.18 Å². The zero-order valence-corrected chi connectivity index (χ0v) is 18.8. The Bertz CT molecular complexity index is 1260. The van der Waals surface area contributed by atoms with Crippen molar-refractivity contribution in [1.29, 1.82) is 0 Å². The predicted molar refractivity (Wildman–Crippen MR) is 126 cm³/mol. The molecule has 0 bridgehead atoms. The van der Waals surface area contributed by atoms with Crippen LogP contribution in [0.2, 0.25) is 0 Å². The first kappa shape index (κ1) is 23.0. The van der Waals surface area contributed by atoms with Crippen molar-refractivity contribution in [2.75, 3.05) is 6.54 Å². The van der Waals surface area contributed by atoms with Crippen molar-refractivity contribution >= 4 is 28.6 Å². The smallest absolute Gasteiger partial charge is 0.350 e. The average Bonchev–Trinajstić information content (AvgIpc) is 3.15. The minimum Gasteiger partial charge on any atom is -0.350 e. The number of para-hydroxylation sites is 1. The Balaban J connectivity index is 1.43. The minimum atomic E-state index is -4.33. The molecule has 0 unspecified atom stereocenters. The molecule has 0 atom stereocenters. The van der Waals surface area contributed by atoms with Crippen LogP contribution in [0.1, 0.15) is 27.0 Å². The first-order chi connectivity index (χ1) is 15.8. The Hall–Kier alpha value is -3.19. The number of nitrogens with zero attached hydrogens (tertiary/aromatic N) is 1. The van der Waals surface area contributed by atoms with E-state index in [4.69, 9.17) is 0 Å². The molecule has 4 rings (SSSR count). The molecule has 0 saturated carbocycles. The molecule has 0 aliphatic rings. The SMILES string of the molecule is Cc1ccccc1C(=O)NCCn1cc(SCc2ccc(C(F)(F)F)cc2)c2ccccc21. The Morgan fingerprint density at radius 1 is 0.970 bits per heavy atom. The number of alkyl halides is 3. The number of thioether (sulfide) groups is 1. The molecule has 33 heavy (non-hydrogen) atoms. The Kier molecular flexibility index (Phi) is 6.79. The number of nitrogens with one attached hydrogen (secondary N) is 1. The summed E-state index contributed by atoms with van der Waals surface area (Å²) in [5, 5.41) is 4.06. The molecule has 1 aromatic heterocycles. The highest BCUT2D eigenvalue weighted by molar-refractivity contribution is 7.98. The molecule has 170 valence electrons. The zero-order chi connectivity index (χ0) is 23.4. The van der Waals surface area contributed by atoms with Gasteiger partial charge in [0.2, 0.25) is 0 Å². The van der Waals surface area contributed by atoms with Crippen LogP contribution in [0.25, 0.3) is 10.9 Å². The van der Waals surface area contributed by atoms with Gasteiger partial charge in [-0.2, -0.15) is 13.2 Å². The van der Waals surface area contributed by atoms with Crippen LogP contribution >= 0.6 is 11.8 Å². The summed E-state index contributed by atoms with van der Waals surface area (Å²) >= 11 is 1.59. The van der Waals surface area contributed by atoms with Gasteiger partial charge in [-0.05, 0) is 42.3 Å². The molecular weight excluding hydrogens is 445 g/mol. The number of rotatable bonds is 7. The van der Waals surface area contributed by atoms with E-state index in [-0.39, 0.29) is 5.91 Å². The largest absolute Gasteiger partial charge is 0.416 e. The summed E-state index contributed by atoms with van der Waals surface area (Å²) in [6.45, 7) is 3.00. The standard InChI is InChI=1S/C26H23F3N2OS/c1-18-6-2-3-7-21(18)25(32)30-14-15-31-16-24(22-8-4-5-9-23(22)31)33-17-19-10-12-20(13-11-19)26(27,28)29/h2-13,16H,14-15,17H2,1H3,(H,30,32). The third-order valence-corrected chi connectivity index (χ3v) is 6.57. The highest BCUT2D eigenvalue weighted by Gasteiger charge is 2.29. The molecule has 0 spiro atoms. The lowest BCUT2D eigenvalue weighted by molar-refractivity contribution is -0.137. The fourth-order valence-corrected chi connectivity index (χ4v) is 4.72. The Morgan fingerprint density at radius 2 is 1.67 bits per heavy atom. The van der Waals surface area contributed by atoms with Crippen LogP contribution in [-0.4, -0.2) is 17.0 Å². The molecule has 0 fully saturated rings. The van der Waals surface area contributed by atoms with Crippen molar-refractivity contribution in [2.24, 2.45) is 0 Å². The van der Waals surface area contributed by atoms with E-state index >= 15 is 0 Å². The molecule has 1 N–H and O–H groups in total. The van der Waals surface area contributed by atoms with Gasteiger partial charge < -0.3 is 9.88 Å². The number of hydrogen-bond acceptors (Lipinski definition) is 2. The molecule has 7 heteroatoms. The quantitative estimate of drug-likeness (QED) is 0.307. The van der Waals surface area contributed by atoms with Crippen molar-refractivity contribution in [3.63, 3.8) is 0 Å². The van der Waals surface area contributed by atoms with Gasteiger partial charge in [-0.1, -0.05) is 48.5 Å². The maximum Gasteiger partial charge on any atom is 0.416 e. The number of hydrogen-bond donors (Lipinski definition) is 1. The summed E-state index contributed by atoms with van der Waals surface area (Å²) in [5.74, 6) is 0.470. The van der Waals surface area contributed by atoms with E-state index in [0.717, 1.165) is 39.1 Å². The summed E-state index contributed by atoms with van der Waals surface area (Å²) in [6, 6.07) is 20.8. The number of carbonyl (C=O) groups excluding carboxylic acids is 1. The predicted octanol–water partition coefficient (Wildman–Crippen LogP) is 6.69. The lowest BCUT2D eigenvalue weighted by Crippen LogP contribution is -2.27. The monoisotopic (exact) mass is 468 g/mol. The van der Waals surface area contributed by atoms with Crippen LogP contribution in [0.3, 0.4) is 0 Å². The maximum absolute atomic E-state index is 12.8. The van der Waals surface area contributed by atoms with Crippen LogP contribution in [-0.2, 0) is 18.5 Å². The molecule has 3 aromatic carbocycles. The van der Waals surface area contributed by atoms with Crippen molar-refractivity contribution in [1.82, 2.24) is 9.88 Å². The van der Waals surface area contributed by atoms with Gasteiger partial charge in [-0.15, -0.1) is 11.8 Å². The van der Waals surface area contributed by atoms with Crippen LogP contribution in [0, 0.1) is 6.92 Å². The number of aromatic nitrogens is 1. The number of amides is 1. The van der Waals surface area contributed by atoms with E-state index in [9.17, 15) is 18.0 Å². The summed E-state index contributed by atoms with van der Waals surface area (Å²) in [7, 11) is 0. The number of halogens is 3. The Labute approximate surface area is 194 Å². The Morgan fingerprint density at radius 3 is 2.39 bits per heavy atom. The van der Waals surface area contributed by atoms with Gasteiger partial charge in [-0.3, -0.25) is 4.79 Å². The van der Waals surface area contributed by atoms with E-state index in [1.54, 1.807) is 11.8 Å². The number of fused-ring (bicyclic) bond motifs is 1. The van der Waals surface area contributed by atoms with Gasteiger partial charge in [-0.25, -0.2) is 0 Å². The van der Waals surface area contributed by atoms with E-state index in [0.29, 0.717) is 24.4 Å². The maximum atomic E-state index is 12.8. The number of aryl methyl sites for hydroxylation is 1. The molecule has 0 saturated heterocycles. The second-order valence-corrected chi connectivity index (χ2v) is 8.78. The van der Waals surface area contributed by atoms with Crippen LogP contribution < -0.4 is 5.32 Å². The summed E-state index contributed by atoms with van der Waals surface area (Å²) in [6.07, 6.45) is -2.28. The second kappa shape index (κ2) is 9.75.